The second kappa shape index (κ2) is 20.8. The fourth-order valence-electron chi connectivity index (χ4n) is 6.68. The second-order valence-corrected chi connectivity index (χ2v) is 14.3. The smallest absolute Gasteiger partial charge is 0.279 e. The summed E-state index contributed by atoms with van der Waals surface area (Å²) in [5.74, 6) is -0.155. The van der Waals surface area contributed by atoms with Crippen LogP contribution >= 0.6 is 0 Å². The highest BCUT2D eigenvalue weighted by Crippen LogP contribution is 2.21. The maximum Gasteiger partial charge on any atom is 0.279 e. The Balaban J connectivity index is 1.08. The molecule has 0 saturated carbocycles. The van der Waals surface area contributed by atoms with Gasteiger partial charge in [0, 0.05) is 70.9 Å². The van der Waals surface area contributed by atoms with E-state index in [0.717, 1.165) is 11.1 Å². The Bertz CT molecular complexity index is 2570. The number of methoxy groups -OCH3 is 1. The molecule has 1 atom stereocenters. The molecule has 1 saturated heterocycles. The lowest BCUT2D eigenvalue weighted by Gasteiger charge is -2.34. The maximum absolute atomic E-state index is 13.9. The number of piperazine rings is 1. The van der Waals surface area contributed by atoms with Crippen molar-refractivity contribution in [1.82, 2.24) is 50.0 Å². The highest BCUT2D eigenvalue weighted by Gasteiger charge is 2.25. The van der Waals surface area contributed by atoms with Crippen LogP contribution in [0.15, 0.2) is 83.9 Å². The SMILES string of the molecule is COCCOCCNC(=O)C(Cc1ccc(C#N)cc1)Nc1nc(NCc2nc3ccc(F)cc3[nH]2)nc(Nc2cccc(CN3CCN(C(=O)c4ncc[nH]c4=O)CC3)c2)n1. The first kappa shape index (κ1) is 42.8. The summed E-state index contributed by atoms with van der Waals surface area (Å²) in [7, 11) is 1.58. The summed E-state index contributed by atoms with van der Waals surface area (Å²) in [6, 6.07) is 20.3. The molecule has 0 bridgehead atoms. The molecular formula is C42H45FN14O5. The van der Waals surface area contributed by atoms with Crippen LogP contribution in [0.25, 0.3) is 11.0 Å². The first-order valence-corrected chi connectivity index (χ1v) is 19.9. The predicted octanol–water partition coefficient (Wildman–Crippen LogP) is 2.96. The quantitative estimate of drug-likeness (QED) is 0.0642. The van der Waals surface area contributed by atoms with Crippen molar-refractivity contribution in [2.24, 2.45) is 0 Å². The van der Waals surface area contributed by atoms with E-state index in [4.69, 9.17) is 9.47 Å². The molecular weight excluding hydrogens is 800 g/mol. The van der Waals surface area contributed by atoms with Gasteiger partial charge in [-0.2, -0.15) is 20.2 Å². The maximum atomic E-state index is 13.9. The highest BCUT2D eigenvalue weighted by atomic mass is 19.1. The van der Waals surface area contributed by atoms with Gasteiger partial charge >= 0.3 is 0 Å². The zero-order chi connectivity index (χ0) is 43.3. The van der Waals surface area contributed by atoms with Gasteiger partial charge in [0.1, 0.15) is 17.7 Å². The highest BCUT2D eigenvalue weighted by molar-refractivity contribution is 5.92. The molecule has 6 N–H and O–H groups in total. The number of carbonyl (C=O) groups excluding carboxylic acids is 2. The summed E-state index contributed by atoms with van der Waals surface area (Å²) in [5, 5.41) is 21.9. The molecule has 7 rings (SSSR count). The Hall–Kier alpha value is -7.34. The lowest BCUT2D eigenvalue weighted by molar-refractivity contribution is -0.122. The van der Waals surface area contributed by atoms with Crippen LogP contribution in [0.3, 0.4) is 0 Å². The van der Waals surface area contributed by atoms with Crippen molar-refractivity contribution in [2.45, 2.75) is 25.6 Å². The number of carbonyl (C=O) groups is 2. The van der Waals surface area contributed by atoms with Crippen LogP contribution in [0, 0.1) is 17.1 Å². The number of aromatic amines is 2. The zero-order valence-corrected chi connectivity index (χ0v) is 33.9. The van der Waals surface area contributed by atoms with Gasteiger partial charge in [0.2, 0.25) is 23.8 Å². The minimum Gasteiger partial charge on any atom is -0.382 e. The van der Waals surface area contributed by atoms with Crippen molar-refractivity contribution < 1.29 is 23.5 Å². The van der Waals surface area contributed by atoms with Crippen molar-refractivity contribution in [3.8, 4) is 6.07 Å². The van der Waals surface area contributed by atoms with Crippen LogP contribution in [0.4, 0.5) is 27.9 Å². The molecule has 4 heterocycles. The molecule has 3 aromatic heterocycles. The molecule has 1 fully saturated rings. The number of hydrogen-bond donors (Lipinski definition) is 6. The number of amides is 2. The molecule has 1 aliphatic heterocycles. The second-order valence-electron chi connectivity index (χ2n) is 14.3. The number of imidazole rings is 1. The van der Waals surface area contributed by atoms with Crippen LogP contribution in [0.1, 0.15) is 33.0 Å². The van der Waals surface area contributed by atoms with Crippen LogP contribution < -0.4 is 26.8 Å². The Morgan fingerprint density at radius 1 is 0.935 bits per heavy atom. The third-order valence-corrected chi connectivity index (χ3v) is 9.82. The van der Waals surface area contributed by atoms with Crippen molar-refractivity contribution >= 4 is 46.4 Å². The Labute approximate surface area is 355 Å². The molecule has 1 unspecified atom stereocenters. The van der Waals surface area contributed by atoms with E-state index in [0.29, 0.717) is 74.0 Å². The third kappa shape index (κ3) is 11.7. The largest absolute Gasteiger partial charge is 0.382 e. The summed E-state index contributed by atoms with van der Waals surface area (Å²) in [6.07, 6.45) is 3.02. The molecule has 320 valence electrons. The van der Waals surface area contributed by atoms with Crippen molar-refractivity contribution in [3.05, 3.63) is 124 Å². The molecule has 20 heteroatoms. The van der Waals surface area contributed by atoms with E-state index < -0.39 is 17.5 Å². The monoisotopic (exact) mass is 844 g/mol. The average molecular weight is 845 g/mol. The summed E-state index contributed by atoms with van der Waals surface area (Å²) in [6.45, 7) is 4.21. The first-order chi connectivity index (χ1) is 30.2. The van der Waals surface area contributed by atoms with E-state index >= 15 is 0 Å². The molecule has 0 radical (unpaired) electrons. The number of anilines is 4. The summed E-state index contributed by atoms with van der Waals surface area (Å²) in [5.41, 5.74) is 3.48. The standard InChI is InChI=1S/C42H45FN14O5/c1-61-19-20-62-18-13-47-37(58)34(22-27-5-7-28(24-44)8-6-27)52-42-54-40(48-25-35-50-32-10-9-30(43)23-33(32)51-35)53-41(55-42)49-31-4-2-3-29(21-31)26-56-14-16-57(17-15-56)39(60)36-38(59)46-12-11-45-36/h2-12,21,23,34H,13-20,22,25-26H2,1H3,(H,46,59)(H,47,58)(H,50,51)(H3,48,49,52,53,54,55). The number of rotatable bonds is 19. The number of aromatic nitrogens is 7. The van der Waals surface area contributed by atoms with Crippen molar-refractivity contribution in [1.29, 1.82) is 5.26 Å². The van der Waals surface area contributed by atoms with Gasteiger partial charge in [0.05, 0.1) is 49.0 Å². The number of H-pyrrole nitrogens is 2. The lowest BCUT2D eigenvalue weighted by atomic mass is 10.0. The number of halogens is 1. The molecule has 1 aliphatic rings. The number of nitriles is 1. The van der Waals surface area contributed by atoms with Crippen LogP contribution in [-0.2, 0) is 33.8 Å². The van der Waals surface area contributed by atoms with E-state index in [1.165, 1.54) is 24.5 Å². The molecule has 0 aliphatic carbocycles. The Kier molecular flexibility index (Phi) is 14.3. The van der Waals surface area contributed by atoms with Crippen molar-refractivity contribution in [2.75, 3.05) is 75.6 Å². The molecule has 2 amide bonds. The number of benzene rings is 3. The van der Waals surface area contributed by atoms with Gasteiger partial charge in [-0.1, -0.05) is 24.3 Å². The molecule has 6 aromatic rings. The molecule has 3 aromatic carbocycles. The summed E-state index contributed by atoms with van der Waals surface area (Å²) >= 11 is 0. The van der Waals surface area contributed by atoms with Gasteiger partial charge in [-0.25, -0.2) is 14.4 Å². The zero-order valence-electron chi connectivity index (χ0n) is 33.9. The number of fused-ring (bicyclic) bond motifs is 1. The lowest BCUT2D eigenvalue weighted by Crippen LogP contribution is -2.49. The van der Waals surface area contributed by atoms with Gasteiger partial charge in [-0.15, -0.1) is 0 Å². The van der Waals surface area contributed by atoms with Gasteiger partial charge in [0.15, 0.2) is 5.69 Å². The predicted molar refractivity (Wildman–Crippen MR) is 227 cm³/mol. The molecule has 0 spiro atoms. The minimum absolute atomic E-state index is 0.0954. The summed E-state index contributed by atoms with van der Waals surface area (Å²) in [4.78, 5) is 70.6. The fourth-order valence-corrected chi connectivity index (χ4v) is 6.68. The Morgan fingerprint density at radius 3 is 2.53 bits per heavy atom. The average Bonchev–Trinajstić information content (AvgIpc) is 3.69. The van der Waals surface area contributed by atoms with Crippen LogP contribution in [0.2, 0.25) is 0 Å². The van der Waals surface area contributed by atoms with Gasteiger partial charge in [-0.3, -0.25) is 19.3 Å². The van der Waals surface area contributed by atoms with E-state index in [-0.39, 0.29) is 61.4 Å². The van der Waals surface area contributed by atoms with E-state index in [1.807, 2.05) is 24.3 Å². The fraction of sp³-hybridized carbons (Fsp3) is 0.310. The van der Waals surface area contributed by atoms with Gasteiger partial charge < -0.3 is 45.6 Å². The van der Waals surface area contributed by atoms with Gasteiger partial charge in [-0.05, 0) is 53.6 Å². The molecule has 62 heavy (non-hydrogen) atoms. The number of nitrogens with zero attached hydrogens (tertiary/aromatic N) is 8. The first-order valence-electron chi connectivity index (χ1n) is 19.9. The van der Waals surface area contributed by atoms with E-state index in [9.17, 15) is 24.0 Å². The third-order valence-electron chi connectivity index (χ3n) is 9.82. The normalized spacial score (nSPS) is 13.3. The number of hydrogen-bond acceptors (Lipinski definition) is 15. The summed E-state index contributed by atoms with van der Waals surface area (Å²) < 4.78 is 24.4. The number of ether oxygens (including phenoxy) is 2. The molecule has 19 nitrogen and oxygen atoms in total. The topological polar surface area (TPSA) is 244 Å². The van der Waals surface area contributed by atoms with Gasteiger partial charge in [0.25, 0.3) is 11.5 Å². The minimum atomic E-state index is -0.848. The Morgan fingerprint density at radius 2 is 1.74 bits per heavy atom. The van der Waals surface area contributed by atoms with Crippen LogP contribution in [-0.4, -0.2) is 122 Å². The van der Waals surface area contributed by atoms with E-state index in [1.54, 1.807) is 42.3 Å². The van der Waals surface area contributed by atoms with E-state index in [2.05, 4.69) is 67.1 Å². The number of nitrogens with one attached hydrogen (secondary N) is 6. The van der Waals surface area contributed by atoms with Crippen molar-refractivity contribution in [3.63, 3.8) is 0 Å². The van der Waals surface area contributed by atoms with Crippen LogP contribution in [0.5, 0.6) is 0 Å².